The lowest BCUT2D eigenvalue weighted by Gasteiger charge is -2.37. The zero-order valence-corrected chi connectivity index (χ0v) is 18.8. The third kappa shape index (κ3) is 6.58. The van der Waals surface area contributed by atoms with Gasteiger partial charge in [-0.2, -0.15) is 0 Å². The van der Waals surface area contributed by atoms with Gasteiger partial charge < -0.3 is 25.4 Å². The molecule has 1 aromatic carbocycles. The molecule has 1 atom stereocenters. The summed E-state index contributed by atoms with van der Waals surface area (Å²) in [6.45, 7) is 8.64. The standard InChI is InChI=1S/C23H36N4O4/c1-17(2)22(25-21(28)6-4-3-5-9-24)23(29)27-12-10-26(11-13-27)15-18-7-8-19-20(14-18)31-16-30-19/h7-8,14,17,22H,3-6,9-13,15-16,24H2,1-2H3,(H,25,28)/t22-/m1/s1. The zero-order valence-electron chi connectivity index (χ0n) is 18.8. The molecule has 2 amide bonds. The van der Waals surface area contributed by atoms with E-state index in [-0.39, 0.29) is 24.5 Å². The van der Waals surface area contributed by atoms with Crippen molar-refractivity contribution < 1.29 is 19.1 Å². The summed E-state index contributed by atoms with van der Waals surface area (Å²) in [7, 11) is 0. The highest BCUT2D eigenvalue weighted by Gasteiger charge is 2.30. The third-order valence-electron chi connectivity index (χ3n) is 5.88. The monoisotopic (exact) mass is 432 g/mol. The molecule has 172 valence electrons. The number of nitrogens with two attached hydrogens (primary N) is 1. The van der Waals surface area contributed by atoms with Crippen LogP contribution in [0.3, 0.4) is 0 Å². The number of nitrogens with zero attached hydrogens (tertiary/aromatic N) is 2. The SMILES string of the molecule is CC(C)[C@@H](NC(=O)CCCCCN)C(=O)N1CCN(Cc2ccc3c(c2)OCO3)CC1. The summed E-state index contributed by atoms with van der Waals surface area (Å²) >= 11 is 0. The number of hydrogen-bond donors (Lipinski definition) is 2. The normalized spacial score (nSPS) is 17.1. The van der Waals surface area contributed by atoms with Crippen molar-refractivity contribution in [2.24, 2.45) is 11.7 Å². The lowest BCUT2D eigenvalue weighted by Crippen LogP contribution is -2.56. The van der Waals surface area contributed by atoms with Crippen LogP contribution in [0.15, 0.2) is 18.2 Å². The molecule has 3 N–H and O–H groups in total. The lowest BCUT2D eigenvalue weighted by atomic mass is 10.0. The van der Waals surface area contributed by atoms with Crippen molar-refractivity contribution in [3.8, 4) is 11.5 Å². The summed E-state index contributed by atoms with van der Waals surface area (Å²) in [5.41, 5.74) is 6.67. The summed E-state index contributed by atoms with van der Waals surface area (Å²) in [6.07, 6.45) is 3.12. The van der Waals surface area contributed by atoms with Crippen molar-refractivity contribution in [3.63, 3.8) is 0 Å². The predicted octanol–water partition coefficient (Wildman–Crippen LogP) is 1.72. The van der Waals surface area contributed by atoms with E-state index in [0.717, 1.165) is 50.4 Å². The van der Waals surface area contributed by atoms with Gasteiger partial charge in [-0.25, -0.2) is 0 Å². The molecular weight excluding hydrogens is 396 g/mol. The van der Waals surface area contributed by atoms with Gasteiger partial charge in [-0.05, 0) is 43.0 Å². The molecule has 8 heteroatoms. The molecule has 8 nitrogen and oxygen atoms in total. The molecular formula is C23H36N4O4. The van der Waals surface area contributed by atoms with Gasteiger partial charge in [0.25, 0.3) is 0 Å². The molecule has 2 heterocycles. The van der Waals surface area contributed by atoms with Crippen LogP contribution in [0, 0.1) is 5.92 Å². The summed E-state index contributed by atoms with van der Waals surface area (Å²) in [6, 6.07) is 5.56. The first-order valence-corrected chi connectivity index (χ1v) is 11.4. The third-order valence-corrected chi connectivity index (χ3v) is 5.88. The van der Waals surface area contributed by atoms with E-state index in [4.69, 9.17) is 15.2 Å². The molecule has 0 aliphatic carbocycles. The van der Waals surface area contributed by atoms with Gasteiger partial charge >= 0.3 is 0 Å². The molecule has 0 bridgehead atoms. The number of rotatable bonds is 10. The predicted molar refractivity (Wildman–Crippen MR) is 119 cm³/mol. The van der Waals surface area contributed by atoms with Crippen LogP contribution < -0.4 is 20.5 Å². The smallest absolute Gasteiger partial charge is 0.245 e. The number of fused-ring (bicyclic) bond motifs is 1. The number of unbranched alkanes of at least 4 members (excludes halogenated alkanes) is 2. The fourth-order valence-electron chi connectivity index (χ4n) is 3.99. The fraction of sp³-hybridized carbons (Fsp3) is 0.652. The molecule has 1 fully saturated rings. The van der Waals surface area contributed by atoms with Crippen LogP contribution in [0.2, 0.25) is 0 Å². The molecule has 2 aliphatic heterocycles. The van der Waals surface area contributed by atoms with E-state index in [1.54, 1.807) is 0 Å². The van der Waals surface area contributed by atoms with E-state index in [1.807, 2.05) is 30.9 Å². The molecule has 2 aliphatic rings. The van der Waals surface area contributed by atoms with Gasteiger partial charge in [0.05, 0.1) is 0 Å². The Labute approximate surface area is 185 Å². The number of amides is 2. The van der Waals surface area contributed by atoms with Crippen LogP contribution in [0.5, 0.6) is 11.5 Å². The van der Waals surface area contributed by atoms with Gasteiger partial charge in [0.15, 0.2) is 11.5 Å². The average molecular weight is 433 g/mol. The molecule has 3 rings (SSSR count). The molecule has 1 saturated heterocycles. The molecule has 31 heavy (non-hydrogen) atoms. The highest BCUT2D eigenvalue weighted by molar-refractivity contribution is 5.88. The molecule has 0 aromatic heterocycles. The average Bonchev–Trinajstić information content (AvgIpc) is 3.23. The summed E-state index contributed by atoms with van der Waals surface area (Å²) < 4.78 is 10.8. The second-order valence-corrected chi connectivity index (χ2v) is 8.68. The first-order valence-electron chi connectivity index (χ1n) is 11.4. The van der Waals surface area contributed by atoms with Crippen LogP contribution >= 0.6 is 0 Å². The minimum absolute atomic E-state index is 0.0213. The van der Waals surface area contributed by atoms with Crippen LogP contribution in [-0.4, -0.2) is 67.2 Å². The molecule has 1 aromatic rings. The Balaban J connectivity index is 1.46. The number of carbonyl (C=O) groups excluding carboxylic acids is 2. The summed E-state index contributed by atoms with van der Waals surface area (Å²) in [5, 5.41) is 2.96. The Morgan fingerprint density at radius 2 is 1.81 bits per heavy atom. The van der Waals surface area contributed by atoms with Crippen LogP contribution in [-0.2, 0) is 16.1 Å². The van der Waals surface area contributed by atoms with Crippen molar-refractivity contribution in [2.75, 3.05) is 39.5 Å². The Bertz CT molecular complexity index is 747. The lowest BCUT2D eigenvalue weighted by molar-refractivity contribution is -0.139. The van der Waals surface area contributed by atoms with Crippen molar-refractivity contribution in [2.45, 2.75) is 52.1 Å². The van der Waals surface area contributed by atoms with Crippen LogP contribution in [0.4, 0.5) is 0 Å². The maximum atomic E-state index is 13.1. The van der Waals surface area contributed by atoms with E-state index in [0.29, 0.717) is 26.1 Å². The van der Waals surface area contributed by atoms with E-state index in [9.17, 15) is 9.59 Å². The van der Waals surface area contributed by atoms with Gasteiger partial charge in [0.2, 0.25) is 18.6 Å². The highest BCUT2D eigenvalue weighted by atomic mass is 16.7. The van der Waals surface area contributed by atoms with Crippen LogP contribution in [0.1, 0.15) is 45.1 Å². The Morgan fingerprint density at radius 3 is 2.52 bits per heavy atom. The molecule has 0 unspecified atom stereocenters. The fourth-order valence-corrected chi connectivity index (χ4v) is 3.99. The summed E-state index contributed by atoms with van der Waals surface area (Å²) in [4.78, 5) is 29.6. The Morgan fingerprint density at radius 1 is 1.06 bits per heavy atom. The molecule has 0 saturated carbocycles. The first-order chi connectivity index (χ1) is 15.0. The topological polar surface area (TPSA) is 97.1 Å². The number of hydrogen-bond acceptors (Lipinski definition) is 6. The van der Waals surface area contributed by atoms with Gasteiger partial charge in [-0.1, -0.05) is 26.3 Å². The zero-order chi connectivity index (χ0) is 22.2. The van der Waals surface area contributed by atoms with Gasteiger partial charge in [-0.15, -0.1) is 0 Å². The number of piperazine rings is 1. The van der Waals surface area contributed by atoms with Gasteiger partial charge in [0, 0.05) is 39.1 Å². The largest absolute Gasteiger partial charge is 0.454 e. The van der Waals surface area contributed by atoms with E-state index in [2.05, 4.69) is 16.3 Å². The Kier molecular flexibility index (Phi) is 8.54. The van der Waals surface area contributed by atoms with Gasteiger partial charge in [0.1, 0.15) is 6.04 Å². The maximum Gasteiger partial charge on any atom is 0.245 e. The van der Waals surface area contributed by atoms with Crippen molar-refractivity contribution in [1.29, 1.82) is 0 Å². The number of carbonyl (C=O) groups is 2. The summed E-state index contributed by atoms with van der Waals surface area (Å²) in [5.74, 6) is 1.61. The number of benzene rings is 1. The van der Waals surface area contributed by atoms with Gasteiger partial charge in [-0.3, -0.25) is 14.5 Å². The second kappa shape index (κ2) is 11.3. The second-order valence-electron chi connectivity index (χ2n) is 8.68. The molecule has 0 radical (unpaired) electrons. The minimum Gasteiger partial charge on any atom is -0.454 e. The number of ether oxygens (including phenoxy) is 2. The first kappa shape index (κ1) is 23.3. The quantitative estimate of drug-likeness (QED) is 0.547. The maximum absolute atomic E-state index is 13.1. The number of nitrogens with one attached hydrogen (secondary N) is 1. The van der Waals surface area contributed by atoms with Crippen LogP contribution in [0.25, 0.3) is 0 Å². The van der Waals surface area contributed by atoms with E-state index < -0.39 is 6.04 Å². The van der Waals surface area contributed by atoms with E-state index >= 15 is 0 Å². The molecule has 0 spiro atoms. The Hall–Kier alpha value is -2.32. The minimum atomic E-state index is -0.470. The van der Waals surface area contributed by atoms with E-state index in [1.165, 1.54) is 5.56 Å². The van der Waals surface area contributed by atoms with Crippen molar-refractivity contribution >= 4 is 11.8 Å². The van der Waals surface area contributed by atoms with Crippen molar-refractivity contribution in [3.05, 3.63) is 23.8 Å². The highest BCUT2D eigenvalue weighted by Crippen LogP contribution is 2.32. The van der Waals surface area contributed by atoms with Crippen molar-refractivity contribution in [1.82, 2.24) is 15.1 Å².